The van der Waals surface area contributed by atoms with Gasteiger partial charge in [-0.15, -0.1) is 35.3 Å². The molecule has 0 aliphatic carbocycles. The van der Waals surface area contributed by atoms with Crippen molar-refractivity contribution in [3.05, 3.63) is 45.9 Å². The van der Waals surface area contributed by atoms with E-state index in [0.29, 0.717) is 6.54 Å². The topological polar surface area (TPSA) is 67.8 Å². The highest BCUT2D eigenvalue weighted by molar-refractivity contribution is 14.0. The zero-order chi connectivity index (χ0) is 19.8. The molecule has 0 saturated carbocycles. The van der Waals surface area contributed by atoms with Crippen molar-refractivity contribution in [1.29, 1.82) is 0 Å². The summed E-state index contributed by atoms with van der Waals surface area (Å²) in [6.45, 7) is 5.19. The number of ether oxygens (including phenoxy) is 2. The minimum atomic E-state index is 0. The van der Waals surface area contributed by atoms with Crippen LogP contribution < -0.4 is 15.4 Å². The Hall–Kier alpha value is -1.39. The van der Waals surface area contributed by atoms with Gasteiger partial charge in [-0.05, 0) is 37.0 Å². The minimum absolute atomic E-state index is 0. The van der Waals surface area contributed by atoms with E-state index in [1.807, 2.05) is 18.3 Å². The van der Waals surface area contributed by atoms with Crippen LogP contribution in [0.5, 0.6) is 5.75 Å². The standard InChI is InChI=1S/C21H30N4O2S.HI/c1-4-18-13-23-19(28-18)14-24-20(22-2)25-15-21(9-11-27-12-10-21)16-5-7-17(26-3)8-6-16;/h5-8,13H,4,9-12,14-15H2,1-3H3,(H2,22,24,25);1H. The van der Waals surface area contributed by atoms with Crippen LogP contribution in [0, 0.1) is 0 Å². The Balaban J connectivity index is 0.00000300. The molecule has 8 heteroatoms. The van der Waals surface area contributed by atoms with Gasteiger partial charge in [0.05, 0.1) is 13.7 Å². The van der Waals surface area contributed by atoms with Gasteiger partial charge in [0.25, 0.3) is 0 Å². The normalized spacial score (nSPS) is 16.0. The number of benzene rings is 1. The van der Waals surface area contributed by atoms with Crippen molar-refractivity contribution in [1.82, 2.24) is 15.6 Å². The molecule has 160 valence electrons. The molecule has 0 radical (unpaired) electrons. The Morgan fingerprint density at radius 1 is 1.24 bits per heavy atom. The lowest BCUT2D eigenvalue weighted by molar-refractivity contribution is 0.0513. The van der Waals surface area contributed by atoms with Gasteiger partial charge in [0.1, 0.15) is 10.8 Å². The second kappa shape index (κ2) is 11.7. The molecule has 1 aromatic heterocycles. The van der Waals surface area contributed by atoms with Gasteiger partial charge in [-0.25, -0.2) is 4.98 Å². The predicted molar refractivity (Wildman–Crippen MR) is 130 cm³/mol. The quantitative estimate of drug-likeness (QED) is 0.325. The van der Waals surface area contributed by atoms with E-state index in [4.69, 9.17) is 9.47 Å². The number of hydrogen-bond donors (Lipinski definition) is 2. The molecule has 0 unspecified atom stereocenters. The van der Waals surface area contributed by atoms with Crippen molar-refractivity contribution in [3.8, 4) is 5.75 Å². The van der Waals surface area contributed by atoms with Crippen LogP contribution >= 0.6 is 35.3 Å². The number of aryl methyl sites for hydroxylation is 1. The van der Waals surface area contributed by atoms with Gasteiger partial charge in [-0.2, -0.15) is 0 Å². The van der Waals surface area contributed by atoms with E-state index in [1.165, 1.54) is 10.4 Å². The zero-order valence-electron chi connectivity index (χ0n) is 17.4. The number of rotatable bonds is 7. The van der Waals surface area contributed by atoms with Crippen LogP contribution in [0.25, 0.3) is 0 Å². The van der Waals surface area contributed by atoms with Crippen molar-refractivity contribution in [3.63, 3.8) is 0 Å². The van der Waals surface area contributed by atoms with Gasteiger partial charge in [0.2, 0.25) is 0 Å². The molecule has 2 aromatic rings. The molecule has 1 aliphatic heterocycles. The molecular formula is C21H31IN4O2S. The summed E-state index contributed by atoms with van der Waals surface area (Å²) in [6.07, 6.45) is 4.95. The van der Waals surface area contributed by atoms with Crippen molar-refractivity contribution in [2.24, 2.45) is 4.99 Å². The third-order valence-electron chi connectivity index (χ3n) is 5.33. The maximum Gasteiger partial charge on any atom is 0.191 e. The average molecular weight is 530 g/mol. The first-order valence-corrected chi connectivity index (χ1v) is 10.6. The third-order valence-corrected chi connectivity index (χ3v) is 6.47. The number of methoxy groups -OCH3 is 1. The van der Waals surface area contributed by atoms with Crippen molar-refractivity contribution in [2.75, 3.05) is 33.9 Å². The van der Waals surface area contributed by atoms with E-state index in [2.05, 4.69) is 39.7 Å². The smallest absolute Gasteiger partial charge is 0.191 e. The molecule has 0 atom stereocenters. The highest BCUT2D eigenvalue weighted by Gasteiger charge is 2.34. The largest absolute Gasteiger partial charge is 0.497 e. The molecule has 3 rings (SSSR count). The minimum Gasteiger partial charge on any atom is -0.497 e. The van der Waals surface area contributed by atoms with Crippen LogP contribution in [0.1, 0.15) is 35.2 Å². The summed E-state index contributed by atoms with van der Waals surface area (Å²) in [5, 5.41) is 7.99. The van der Waals surface area contributed by atoms with E-state index in [1.54, 1.807) is 25.5 Å². The highest BCUT2D eigenvalue weighted by atomic mass is 127. The van der Waals surface area contributed by atoms with E-state index >= 15 is 0 Å². The Morgan fingerprint density at radius 3 is 2.55 bits per heavy atom. The molecule has 1 saturated heterocycles. The number of hydrogen-bond acceptors (Lipinski definition) is 5. The summed E-state index contributed by atoms with van der Waals surface area (Å²) < 4.78 is 11.0. The van der Waals surface area contributed by atoms with Gasteiger partial charge in [0.15, 0.2) is 5.96 Å². The fourth-order valence-corrected chi connectivity index (χ4v) is 4.30. The van der Waals surface area contributed by atoms with Gasteiger partial charge in [-0.1, -0.05) is 19.1 Å². The van der Waals surface area contributed by atoms with Gasteiger partial charge in [-0.3, -0.25) is 4.99 Å². The van der Waals surface area contributed by atoms with Crippen LogP contribution in [0.3, 0.4) is 0 Å². The first-order valence-electron chi connectivity index (χ1n) is 9.79. The number of guanidine groups is 1. The number of aliphatic imine (C=N–C) groups is 1. The number of thiazole rings is 1. The van der Waals surface area contributed by atoms with Crippen molar-refractivity contribution < 1.29 is 9.47 Å². The second-order valence-corrected chi connectivity index (χ2v) is 8.17. The predicted octanol–water partition coefficient (Wildman–Crippen LogP) is 3.75. The van der Waals surface area contributed by atoms with Gasteiger partial charge >= 0.3 is 0 Å². The molecule has 0 bridgehead atoms. The van der Waals surface area contributed by atoms with Crippen molar-refractivity contribution in [2.45, 2.75) is 38.1 Å². The molecular weight excluding hydrogens is 499 g/mol. The first kappa shape index (κ1) is 23.9. The molecule has 0 spiro atoms. The van der Waals surface area contributed by atoms with Gasteiger partial charge in [0, 0.05) is 43.3 Å². The monoisotopic (exact) mass is 530 g/mol. The zero-order valence-corrected chi connectivity index (χ0v) is 20.5. The summed E-state index contributed by atoms with van der Waals surface area (Å²) in [7, 11) is 3.50. The number of nitrogens with one attached hydrogen (secondary N) is 2. The molecule has 2 heterocycles. The van der Waals surface area contributed by atoms with E-state index in [-0.39, 0.29) is 29.4 Å². The van der Waals surface area contributed by atoms with Crippen LogP contribution in [-0.2, 0) is 23.1 Å². The number of halogens is 1. The lowest BCUT2D eigenvalue weighted by atomic mass is 9.74. The first-order chi connectivity index (χ1) is 13.7. The average Bonchev–Trinajstić information content (AvgIpc) is 3.23. The maximum absolute atomic E-state index is 5.64. The maximum atomic E-state index is 5.64. The second-order valence-electron chi connectivity index (χ2n) is 6.97. The molecule has 1 aromatic carbocycles. The Labute approximate surface area is 194 Å². The summed E-state index contributed by atoms with van der Waals surface area (Å²) >= 11 is 1.75. The van der Waals surface area contributed by atoms with Crippen LogP contribution in [0.15, 0.2) is 35.5 Å². The van der Waals surface area contributed by atoms with Gasteiger partial charge < -0.3 is 20.1 Å². The molecule has 6 nitrogen and oxygen atoms in total. The Morgan fingerprint density at radius 2 is 1.97 bits per heavy atom. The Bertz CT molecular complexity index is 773. The van der Waals surface area contributed by atoms with E-state index in [9.17, 15) is 0 Å². The molecule has 1 fully saturated rings. The molecule has 2 N–H and O–H groups in total. The molecule has 29 heavy (non-hydrogen) atoms. The summed E-state index contributed by atoms with van der Waals surface area (Å²) in [5.74, 6) is 1.68. The number of aromatic nitrogens is 1. The van der Waals surface area contributed by atoms with E-state index in [0.717, 1.165) is 55.7 Å². The van der Waals surface area contributed by atoms with Crippen molar-refractivity contribution >= 4 is 41.3 Å². The highest BCUT2D eigenvalue weighted by Crippen LogP contribution is 2.35. The summed E-state index contributed by atoms with van der Waals surface area (Å²) in [6, 6.07) is 8.41. The molecule has 1 aliphatic rings. The fourth-order valence-electron chi connectivity index (χ4n) is 3.50. The SMILES string of the molecule is CCc1cnc(CNC(=NC)NCC2(c3ccc(OC)cc3)CCOCC2)s1.I. The Kier molecular flexibility index (Phi) is 9.64. The van der Waals surface area contributed by atoms with Crippen LogP contribution in [0.4, 0.5) is 0 Å². The summed E-state index contributed by atoms with van der Waals surface area (Å²) in [4.78, 5) is 10.2. The van der Waals surface area contributed by atoms with Crippen LogP contribution in [-0.4, -0.2) is 44.9 Å². The summed E-state index contributed by atoms with van der Waals surface area (Å²) in [5.41, 5.74) is 1.34. The van der Waals surface area contributed by atoms with Crippen LogP contribution in [0.2, 0.25) is 0 Å². The third kappa shape index (κ3) is 6.29. The lowest BCUT2D eigenvalue weighted by Gasteiger charge is -2.38. The number of nitrogens with zero attached hydrogens (tertiary/aromatic N) is 2. The van der Waals surface area contributed by atoms with E-state index < -0.39 is 0 Å². The molecule has 0 amide bonds. The lowest BCUT2D eigenvalue weighted by Crippen LogP contribution is -2.47. The fraction of sp³-hybridized carbons (Fsp3) is 0.524.